The minimum atomic E-state index is -0.593. The quantitative estimate of drug-likeness (QED) is 0.393. The van der Waals surface area contributed by atoms with Crippen molar-refractivity contribution in [3.05, 3.63) is 33.0 Å². The lowest BCUT2D eigenvalue weighted by atomic mass is 10.2. The first-order chi connectivity index (χ1) is 10.4. The molecule has 0 amide bonds. The molecule has 7 heteroatoms. The summed E-state index contributed by atoms with van der Waals surface area (Å²) >= 11 is 17.1. The summed E-state index contributed by atoms with van der Waals surface area (Å²) in [6, 6.07) is 5.59. The van der Waals surface area contributed by atoms with Crippen LogP contribution in [0.1, 0.15) is 19.8 Å². The van der Waals surface area contributed by atoms with Crippen molar-refractivity contribution in [3.8, 4) is 0 Å². The van der Waals surface area contributed by atoms with Gasteiger partial charge in [0.15, 0.2) is 5.16 Å². The van der Waals surface area contributed by atoms with Gasteiger partial charge in [-0.2, -0.15) is 0 Å². The fourth-order valence-electron chi connectivity index (χ4n) is 2.33. The molecule has 0 aliphatic heterocycles. The molecule has 1 aliphatic carbocycles. The fourth-order valence-corrected chi connectivity index (χ4v) is 4.65. The van der Waals surface area contributed by atoms with E-state index >= 15 is 0 Å². The zero-order valence-corrected chi connectivity index (χ0v) is 15.9. The van der Waals surface area contributed by atoms with E-state index in [4.69, 9.17) is 23.2 Å². The van der Waals surface area contributed by atoms with Gasteiger partial charge in [0.1, 0.15) is 4.33 Å². The van der Waals surface area contributed by atoms with E-state index in [1.165, 1.54) is 0 Å². The molecule has 0 saturated heterocycles. The highest BCUT2D eigenvalue weighted by atomic mass is 79.9. The average molecular weight is 422 g/mol. The van der Waals surface area contributed by atoms with Crippen molar-refractivity contribution >= 4 is 61.8 Å². The van der Waals surface area contributed by atoms with E-state index in [0.717, 1.165) is 33.7 Å². The van der Waals surface area contributed by atoms with Crippen LogP contribution in [0.25, 0.3) is 10.9 Å². The second kappa shape index (κ2) is 6.34. The molecule has 3 nitrogen and oxygen atoms in total. The summed E-state index contributed by atoms with van der Waals surface area (Å²) in [6.07, 6.45) is 1.69. The Morgan fingerprint density at radius 3 is 2.86 bits per heavy atom. The van der Waals surface area contributed by atoms with E-state index in [0.29, 0.717) is 11.9 Å². The molecule has 1 fully saturated rings. The summed E-state index contributed by atoms with van der Waals surface area (Å²) in [5.41, 5.74) is 0.733. The molecule has 1 unspecified atom stereocenters. The molecule has 1 atom stereocenters. The molecule has 22 heavy (non-hydrogen) atoms. The normalized spacial score (nSPS) is 19.5. The SMILES string of the molecule is CCCn1c(SCC2CC2(Cl)Cl)nc2ccc(Br)cc2c1=O. The van der Waals surface area contributed by atoms with Crippen LogP contribution in [0.5, 0.6) is 0 Å². The van der Waals surface area contributed by atoms with E-state index < -0.39 is 4.33 Å². The van der Waals surface area contributed by atoms with Crippen LogP contribution in [0.4, 0.5) is 0 Å². The molecule has 3 rings (SSSR count). The van der Waals surface area contributed by atoms with E-state index in [9.17, 15) is 4.79 Å². The van der Waals surface area contributed by atoms with E-state index in [1.54, 1.807) is 16.3 Å². The van der Waals surface area contributed by atoms with Gasteiger partial charge in [0.05, 0.1) is 10.9 Å². The number of benzene rings is 1. The third kappa shape index (κ3) is 3.32. The van der Waals surface area contributed by atoms with E-state index in [2.05, 4.69) is 27.8 Å². The van der Waals surface area contributed by atoms with Crippen LogP contribution in [-0.4, -0.2) is 19.6 Å². The van der Waals surface area contributed by atoms with Crippen LogP contribution in [0.15, 0.2) is 32.6 Å². The predicted molar refractivity (Wildman–Crippen MR) is 97.3 cm³/mol. The van der Waals surface area contributed by atoms with Gasteiger partial charge in [-0.3, -0.25) is 9.36 Å². The van der Waals surface area contributed by atoms with Gasteiger partial charge < -0.3 is 0 Å². The standard InChI is InChI=1S/C15H15BrCl2N2OS/c1-2-5-20-13(21)11-6-10(16)3-4-12(11)19-14(20)22-8-9-7-15(9,17)18/h3-4,6,9H,2,5,7-8H2,1H3. The van der Waals surface area contributed by atoms with Gasteiger partial charge in [0.2, 0.25) is 0 Å². The molecule has 0 radical (unpaired) electrons. The molecule has 1 saturated carbocycles. The van der Waals surface area contributed by atoms with Crippen molar-refractivity contribution in [1.82, 2.24) is 9.55 Å². The molecule has 1 aliphatic rings. The van der Waals surface area contributed by atoms with Gasteiger partial charge in [-0.1, -0.05) is 34.6 Å². The number of rotatable bonds is 5. The molecule has 0 N–H and O–H groups in total. The Bertz CT molecular complexity index is 778. The minimum absolute atomic E-state index is 0.00876. The summed E-state index contributed by atoms with van der Waals surface area (Å²) in [5, 5.41) is 1.39. The lowest BCUT2D eigenvalue weighted by Crippen LogP contribution is -2.23. The van der Waals surface area contributed by atoms with Crippen molar-refractivity contribution in [2.45, 2.75) is 35.8 Å². The number of hydrogen-bond acceptors (Lipinski definition) is 3. The Balaban J connectivity index is 1.98. The molecule has 0 bridgehead atoms. The number of halogens is 3. The zero-order chi connectivity index (χ0) is 15.9. The second-order valence-electron chi connectivity index (χ2n) is 5.49. The van der Waals surface area contributed by atoms with Crippen LogP contribution in [0.2, 0.25) is 0 Å². The first-order valence-corrected chi connectivity index (χ1v) is 9.66. The molecular weight excluding hydrogens is 407 g/mol. The maximum absolute atomic E-state index is 12.7. The van der Waals surface area contributed by atoms with Crippen molar-refractivity contribution in [3.63, 3.8) is 0 Å². The summed E-state index contributed by atoms with van der Waals surface area (Å²) in [7, 11) is 0. The number of hydrogen-bond donors (Lipinski definition) is 0. The Morgan fingerprint density at radius 1 is 1.50 bits per heavy atom. The maximum Gasteiger partial charge on any atom is 0.262 e. The van der Waals surface area contributed by atoms with Crippen molar-refractivity contribution < 1.29 is 0 Å². The van der Waals surface area contributed by atoms with Crippen molar-refractivity contribution in [2.24, 2.45) is 5.92 Å². The van der Waals surface area contributed by atoms with Gasteiger partial charge in [0.25, 0.3) is 5.56 Å². The highest BCUT2D eigenvalue weighted by Gasteiger charge is 2.51. The number of nitrogens with zero attached hydrogens (tertiary/aromatic N) is 2. The Labute approximate surface area is 151 Å². The molecule has 1 heterocycles. The lowest BCUT2D eigenvalue weighted by Gasteiger charge is -2.12. The molecule has 1 aromatic carbocycles. The Hall–Kier alpha value is -0.230. The third-order valence-corrected chi connectivity index (χ3v) is 6.26. The van der Waals surface area contributed by atoms with Crippen LogP contribution < -0.4 is 5.56 Å². The number of thioether (sulfide) groups is 1. The topological polar surface area (TPSA) is 34.9 Å². The smallest absolute Gasteiger partial charge is 0.262 e. The van der Waals surface area contributed by atoms with Crippen LogP contribution in [0.3, 0.4) is 0 Å². The van der Waals surface area contributed by atoms with Gasteiger partial charge in [-0.05, 0) is 31.0 Å². The minimum Gasteiger partial charge on any atom is -0.287 e. The highest BCUT2D eigenvalue weighted by molar-refractivity contribution is 9.10. The van der Waals surface area contributed by atoms with E-state index in [-0.39, 0.29) is 11.5 Å². The van der Waals surface area contributed by atoms with E-state index in [1.807, 2.05) is 18.2 Å². The average Bonchev–Trinajstić information content (AvgIpc) is 3.08. The van der Waals surface area contributed by atoms with Crippen LogP contribution in [-0.2, 0) is 6.54 Å². The highest BCUT2D eigenvalue weighted by Crippen LogP contribution is 2.54. The second-order valence-corrected chi connectivity index (χ2v) is 8.93. The molecular formula is C15H15BrCl2N2OS. The van der Waals surface area contributed by atoms with Gasteiger partial charge >= 0.3 is 0 Å². The van der Waals surface area contributed by atoms with Crippen LogP contribution >= 0.6 is 50.9 Å². The van der Waals surface area contributed by atoms with Crippen molar-refractivity contribution in [2.75, 3.05) is 5.75 Å². The largest absolute Gasteiger partial charge is 0.287 e. The van der Waals surface area contributed by atoms with Gasteiger partial charge in [-0.25, -0.2) is 4.98 Å². The first-order valence-electron chi connectivity index (χ1n) is 7.13. The van der Waals surface area contributed by atoms with Gasteiger partial charge in [-0.15, -0.1) is 23.2 Å². The van der Waals surface area contributed by atoms with Crippen LogP contribution in [0, 0.1) is 5.92 Å². The lowest BCUT2D eigenvalue weighted by molar-refractivity contribution is 0.584. The number of aromatic nitrogens is 2. The predicted octanol–water partition coefficient (Wildman–Crippen LogP) is 4.85. The molecule has 1 aromatic heterocycles. The molecule has 0 spiro atoms. The number of fused-ring (bicyclic) bond motifs is 1. The first kappa shape index (κ1) is 16.6. The fraction of sp³-hybridized carbons (Fsp3) is 0.467. The third-order valence-electron chi connectivity index (χ3n) is 3.70. The zero-order valence-electron chi connectivity index (χ0n) is 12.0. The molecule has 2 aromatic rings. The maximum atomic E-state index is 12.7. The monoisotopic (exact) mass is 420 g/mol. The Morgan fingerprint density at radius 2 is 2.23 bits per heavy atom. The van der Waals surface area contributed by atoms with Crippen molar-refractivity contribution in [1.29, 1.82) is 0 Å². The molecule has 118 valence electrons. The summed E-state index contributed by atoms with van der Waals surface area (Å²) in [4.78, 5) is 17.4. The summed E-state index contributed by atoms with van der Waals surface area (Å²) < 4.78 is 2.05. The Kier molecular flexibility index (Phi) is 4.79. The summed E-state index contributed by atoms with van der Waals surface area (Å²) in [5.74, 6) is 1.05. The van der Waals surface area contributed by atoms with Gasteiger partial charge in [0, 0.05) is 22.7 Å². The number of alkyl halides is 2. The summed E-state index contributed by atoms with van der Waals surface area (Å²) in [6.45, 7) is 2.71.